The number of nitrogens with zero attached hydrogens (tertiary/aromatic N) is 1. The molecule has 104 valence electrons. The lowest BCUT2D eigenvalue weighted by Crippen LogP contribution is -2.36. The number of benzene rings is 1. The summed E-state index contributed by atoms with van der Waals surface area (Å²) >= 11 is 0. The normalized spacial score (nSPS) is 16.4. The van der Waals surface area contributed by atoms with Crippen LogP contribution in [0.3, 0.4) is 0 Å². The first kappa shape index (κ1) is 15.5. The van der Waals surface area contributed by atoms with Gasteiger partial charge in [0.25, 0.3) is 0 Å². The van der Waals surface area contributed by atoms with E-state index in [9.17, 15) is 9.90 Å². The van der Waals surface area contributed by atoms with Gasteiger partial charge in [-0.15, -0.1) is 12.4 Å². The average Bonchev–Trinajstić information content (AvgIpc) is 2.38. The Bertz CT molecular complexity index is 455. The summed E-state index contributed by atoms with van der Waals surface area (Å²) in [7, 11) is 0. The number of amides is 1. The summed E-state index contributed by atoms with van der Waals surface area (Å²) in [5, 5.41) is 9.52. The zero-order chi connectivity index (χ0) is 13.0. The summed E-state index contributed by atoms with van der Waals surface area (Å²) in [4.78, 5) is 13.0. The van der Waals surface area contributed by atoms with Crippen molar-refractivity contribution in [3.63, 3.8) is 0 Å². The van der Waals surface area contributed by atoms with Crippen LogP contribution in [0.4, 0.5) is 5.69 Å². The van der Waals surface area contributed by atoms with E-state index >= 15 is 0 Å². The molecule has 1 aliphatic rings. The van der Waals surface area contributed by atoms with Gasteiger partial charge in [-0.05, 0) is 30.5 Å². The van der Waals surface area contributed by atoms with E-state index in [1.54, 1.807) is 6.08 Å². The van der Waals surface area contributed by atoms with Gasteiger partial charge in [0.05, 0.1) is 6.10 Å². The van der Waals surface area contributed by atoms with E-state index in [-0.39, 0.29) is 18.5 Å². The number of anilines is 1. The smallest absolute Gasteiger partial charge is 0.241 e. The maximum atomic E-state index is 10.8. The number of carbonyl (C=O) groups excluding carboxylic acids is 1. The number of halogens is 1. The Hall–Kier alpha value is -1.52. The van der Waals surface area contributed by atoms with Gasteiger partial charge < -0.3 is 15.7 Å². The van der Waals surface area contributed by atoms with Gasteiger partial charge in [0.2, 0.25) is 5.91 Å². The molecule has 1 aromatic rings. The zero-order valence-electron chi connectivity index (χ0n) is 10.7. The van der Waals surface area contributed by atoms with Gasteiger partial charge in [0, 0.05) is 24.9 Å². The van der Waals surface area contributed by atoms with Crippen LogP contribution in [0.2, 0.25) is 0 Å². The number of para-hydroxylation sites is 1. The molecule has 0 unspecified atom stereocenters. The number of piperidine rings is 1. The first-order valence-corrected chi connectivity index (χ1v) is 6.16. The lowest BCUT2D eigenvalue weighted by Gasteiger charge is -2.32. The van der Waals surface area contributed by atoms with Crippen LogP contribution < -0.4 is 10.6 Å². The molecule has 3 N–H and O–H groups in total. The molecule has 0 atom stereocenters. The summed E-state index contributed by atoms with van der Waals surface area (Å²) in [6.07, 6.45) is 4.50. The van der Waals surface area contributed by atoms with Gasteiger partial charge in [0.1, 0.15) is 0 Å². The molecule has 0 saturated carbocycles. The topological polar surface area (TPSA) is 66.6 Å². The predicted octanol–water partition coefficient (Wildman–Crippen LogP) is 1.57. The number of aliphatic hydroxyl groups excluding tert-OH is 1. The van der Waals surface area contributed by atoms with Gasteiger partial charge in [-0.2, -0.15) is 0 Å². The minimum absolute atomic E-state index is 0. The number of carbonyl (C=O) groups is 1. The van der Waals surface area contributed by atoms with Crippen LogP contribution in [-0.2, 0) is 4.79 Å². The van der Waals surface area contributed by atoms with E-state index in [0.29, 0.717) is 0 Å². The van der Waals surface area contributed by atoms with Gasteiger partial charge in [-0.3, -0.25) is 4.79 Å². The van der Waals surface area contributed by atoms with Crippen molar-refractivity contribution in [2.45, 2.75) is 18.9 Å². The Morgan fingerprint density at radius 2 is 1.95 bits per heavy atom. The summed E-state index contributed by atoms with van der Waals surface area (Å²) in [5.74, 6) is -0.445. The standard InChI is InChI=1S/C14H18N2O2.ClH/c15-14(18)6-5-11-3-1-2-4-13(11)16-9-7-12(17)8-10-16;/h1-6,12,17H,7-10H2,(H2,15,18);1H/b6-5-;. The molecule has 1 saturated heterocycles. The van der Waals surface area contributed by atoms with Gasteiger partial charge in [-0.1, -0.05) is 18.2 Å². The highest BCUT2D eigenvalue weighted by molar-refractivity contribution is 5.91. The first-order valence-electron chi connectivity index (χ1n) is 6.16. The maximum Gasteiger partial charge on any atom is 0.241 e. The van der Waals surface area contributed by atoms with E-state index in [2.05, 4.69) is 4.90 Å². The highest BCUT2D eigenvalue weighted by Gasteiger charge is 2.18. The quantitative estimate of drug-likeness (QED) is 0.827. The Morgan fingerprint density at radius 1 is 1.32 bits per heavy atom. The van der Waals surface area contributed by atoms with E-state index in [0.717, 1.165) is 37.2 Å². The van der Waals surface area contributed by atoms with Crippen LogP contribution in [0.1, 0.15) is 18.4 Å². The molecule has 0 bridgehead atoms. The number of rotatable bonds is 3. The lowest BCUT2D eigenvalue weighted by atomic mass is 10.0. The van der Waals surface area contributed by atoms with Crippen LogP contribution in [0.25, 0.3) is 6.08 Å². The van der Waals surface area contributed by atoms with Crippen LogP contribution in [-0.4, -0.2) is 30.2 Å². The van der Waals surface area contributed by atoms with E-state index in [1.165, 1.54) is 6.08 Å². The molecule has 0 radical (unpaired) electrons. The third kappa shape index (κ3) is 4.26. The van der Waals surface area contributed by atoms with E-state index in [1.807, 2.05) is 24.3 Å². The lowest BCUT2D eigenvalue weighted by molar-refractivity contribution is -0.113. The molecule has 0 aromatic heterocycles. The highest BCUT2D eigenvalue weighted by atomic mass is 35.5. The molecule has 1 fully saturated rings. The second-order valence-corrected chi connectivity index (χ2v) is 4.51. The minimum atomic E-state index is -0.445. The van der Waals surface area contributed by atoms with Gasteiger partial charge >= 0.3 is 0 Å². The molecule has 1 aromatic carbocycles. The molecular formula is C14H19ClN2O2. The van der Waals surface area contributed by atoms with Crippen LogP contribution in [0.5, 0.6) is 0 Å². The number of hydrogen-bond acceptors (Lipinski definition) is 3. The minimum Gasteiger partial charge on any atom is -0.393 e. The van der Waals surface area contributed by atoms with Crippen molar-refractivity contribution in [1.82, 2.24) is 0 Å². The van der Waals surface area contributed by atoms with Crippen molar-refractivity contribution in [3.05, 3.63) is 35.9 Å². The average molecular weight is 283 g/mol. The molecule has 0 spiro atoms. The van der Waals surface area contributed by atoms with Crippen molar-refractivity contribution < 1.29 is 9.90 Å². The second kappa shape index (κ2) is 7.16. The predicted molar refractivity (Wildman–Crippen MR) is 79.4 cm³/mol. The number of nitrogens with two attached hydrogens (primary N) is 1. The number of primary amides is 1. The summed E-state index contributed by atoms with van der Waals surface area (Å²) in [6.45, 7) is 1.67. The largest absolute Gasteiger partial charge is 0.393 e. The van der Waals surface area contributed by atoms with Crippen molar-refractivity contribution in [2.24, 2.45) is 5.73 Å². The highest BCUT2D eigenvalue weighted by Crippen LogP contribution is 2.25. The first-order chi connectivity index (χ1) is 8.66. The molecule has 5 heteroatoms. The Labute approximate surface area is 119 Å². The molecule has 1 aliphatic heterocycles. The van der Waals surface area contributed by atoms with Crippen molar-refractivity contribution >= 4 is 30.1 Å². The van der Waals surface area contributed by atoms with Crippen molar-refractivity contribution in [2.75, 3.05) is 18.0 Å². The maximum absolute atomic E-state index is 10.8. The number of hydrogen-bond donors (Lipinski definition) is 2. The molecule has 19 heavy (non-hydrogen) atoms. The summed E-state index contributed by atoms with van der Waals surface area (Å²) in [5.41, 5.74) is 7.18. The summed E-state index contributed by atoms with van der Waals surface area (Å²) < 4.78 is 0. The molecule has 2 rings (SSSR count). The molecule has 4 nitrogen and oxygen atoms in total. The summed E-state index contributed by atoms with van der Waals surface area (Å²) in [6, 6.07) is 7.89. The molecule has 1 amide bonds. The second-order valence-electron chi connectivity index (χ2n) is 4.51. The SMILES string of the molecule is Cl.NC(=O)/C=C\c1ccccc1N1CCC(O)CC1. The van der Waals surface area contributed by atoms with E-state index in [4.69, 9.17) is 5.73 Å². The third-order valence-corrected chi connectivity index (χ3v) is 3.17. The van der Waals surface area contributed by atoms with Crippen LogP contribution in [0.15, 0.2) is 30.3 Å². The molecule has 0 aliphatic carbocycles. The molecule has 1 heterocycles. The van der Waals surface area contributed by atoms with Gasteiger partial charge in [-0.25, -0.2) is 0 Å². The monoisotopic (exact) mass is 282 g/mol. The fourth-order valence-corrected chi connectivity index (χ4v) is 2.20. The Balaban J connectivity index is 0.00000180. The van der Waals surface area contributed by atoms with Crippen LogP contribution >= 0.6 is 12.4 Å². The van der Waals surface area contributed by atoms with Crippen LogP contribution in [0, 0.1) is 0 Å². The van der Waals surface area contributed by atoms with Gasteiger partial charge in [0.15, 0.2) is 0 Å². The Kier molecular flexibility index (Phi) is 5.86. The fraction of sp³-hybridized carbons (Fsp3) is 0.357. The van der Waals surface area contributed by atoms with Crippen molar-refractivity contribution in [1.29, 1.82) is 0 Å². The zero-order valence-corrected chi connectivity index (χ0v) is 11.5. The number of aliphatic hydroxyl groups is 1. The van der Waals surface area contributed by atoms with Crippen molar-refractivity contribution in [3.8, 4) is 0 Å². The Morgan fingerprint density at radius 3 is 2.58 bits per heavy atom. The third-order valence-electron chi connectivity index (χ3n) is 3.17. The fourth-order valence-electron chi connectivity index (χ4n) is 2.20. The molecular weight excluding hydrogens is 264 g/mol. The van der Waals surface area contributed by atoms with E-state index < -0.39 is 5.91 Å².